The second kappa shape index (κ2) is 3.93. The van der Waals surface area contributed by atoms with E-state index in [4.69, 9.17) is 0 Å². The number of rotatable bonds is 3. The molecule has 0 bridgehead atoms. The molecule has 0 amide bonds. The molecule has 2 rings (SSSR count). The third-order valence-electron chi connectivity index (χ3n) is 2.19. The zero-order valence-electron chi connectivity index (χ0n) is 7.53. The average molecular weight is 168 g/mol. The summed E-state index contributed by atoms with van der Waals surface area (Å²) < 4.78 is 0. The van der Waals surface area contributed by atoms with E-state index in [-0.39, 0.29) is 0 Å². The average Bonchev–Trinajstić information content (AvgIpc) is 2.69. The molecule has 0 heteroatoms. The van der Waals surface area contributed by atoms with Crippen LogP contribution in [-0.2, 0) is 6.42 Å². The Balaban J connectivity index is 1.94. The highest BCUT2D eigenvalue weighted by Gasteiger charge is 1.96. The van der Waals surface area contributed by atoms with Gasteiger partial charge >= 0.3 is 0 Å². The van der Waals surface area contributed by atoms with E-state index in [1.54, 1.807) is 0 Å². The van der Waals surface area contributed by atoms with Crippen molar-refractivity contribution in [2.24, 2.45) is 0 Å². The van der Waals surface area contributed by atoms with Gasteiger partial charge in [0.2, 0.25) is 0 Å². The van der Waals surface area contributed by atoms with E-state index < -0.39 is 0 Å². The Labute approximate surface area is 78.9 Å². The van der Waals surface area contributed by atoms with Crippen LogP contribution >= 0.6 is 0 Å². The molecule has 0 fully saturated rings. The molecule has 1 aliphatic rings. The third kappa shape index (κ3) is 2.21. The topological polar surface area (TPSA) is 0 Å². The van der Waals surface area contributed by atoms with Gasteiger partial charge < -0.3 is 0 Å². The second-order valence-electron chi connectivity index (χ2n) is 3.18. The maximum atomic E-state index is 3.21. The van der Waals surface area contributed by atoms with Crippen LogP contribution in [0.3, 0.4) is 0 Å². The second-order valence-corrected chi connectivity index (χ2v) is 3.18. The van der Waals surface area contributed by atoms with Crippen LogP contribution in [0.4, 0.5) is 0 Å². The quantitative estimate of drug-likeness (QED) is 0.608. The Hall–Kier alpha value is -1.52. The molecule has 1 aromatic rings. The van der Waals surface area contributed by atoms with Gasteiger partial charge in [-0.05, 0) is 30.1 Å². The number of benzene rings is 1. The van der Waals surface area contributed by atoms with Crippen molar-refractivity contribution in [1.82, 2.24) is 0 Å². The Morgan fingerprint density at radius 3 is 2.54 bits per heavy atom. The smallest absolute Gasteiger partial charge is 0.00568 e. The van der Waals surface area contributed by atoms with Crippen molar-refractivity contribution >= 4 is 0 Å². The monoisotopic (exact) mass is 168 g/mol. The van der Waals surface area contributed by atoms with Crippen LogP contribution in [0.15, 0.2) is 59.9 Å². The maximum Gasteiger partial charge on any atom is -0.00568 e. The van der Waals surface area contributed by atoms with Gasteiger partial charge in [0.25, 0.3) is 0 Å². The molecule has 1 aliphatic carbocycles. The number of allylic oxidation sites excluding steroid dienone is 3. The molecule has 0 radical (unpaired) electrons. The highest BCUT2D eigenvalue weighted by Crippen LogP contribution is 2.11. The summed E-state index contributed by atoms with van der Waals surface area (Å²) >= 11 is 0. The van der Waals surface area contributed by atoms with E-state index in [1.807, 2.05) is 12.2 Å². The van der Waals surface area contributed by atoms with Gasteiger partial charge in [-0.3, -0.25) is 0 Å². The van der Waals surface area contributed by atoms with Crippen molar-refractivity contribution in [3.8, 4) is 0 Å². The lowest BCUT2D eigenvalue weighted by Gasteiger charge is -1.98. The number of hydrogen-bond acceptors (Lipinski definition) is 0. The molecule has 0 aromatic heterocycles. The summed E-state index contributed by atoms with van der Waals surface area (Å²) in [6, 6.07) is 10.6. The summed E-state index contributed by atoms with van der Waals surface area (Å²) in [6.07, 6.45) is 8.35. The first-order valence-corrected chi connectivity index (χ1v) is 4.61. The molecule has 1 aromatic carbocycles. The number of hydrogen-bond donors (Lipinski definition) is 0. The first-order chi connectivity index (χ1) is 6.45. The Kier molecular flexibility index (Phi) is 2.45. The largest absolute Gasteiger partial charge is 0.117 e. The standard InChI is InChI=1S/C13H12/c1-2-6-12(7-3-1)10-11-13-8-4-5-9-13/h1-8H,10-11H2. The first kappa shape index (κ1) is 8.10. The molecule has 0 saturated carbocycles. The molecule has 0 spiro atoms. The summed E-state index contributed by atoms with van der Waals surface area (Å²) in [5.41, 5.74) is 5.92. The zero-order valence-corrected chi connectivity index (χ0v) is 7.53. The molecular formula is C13H12. The van der Waals surface area contributed by atoms with Gasteiger partial charge in [0, 0.05) is 0 Å². The van der Waals surface area contributed by atoms with Crippen molar-refractivity contribution in [3.05, 3.63) is 65.4 Å². The maximum absolute atomic E-state index is 3.21. The molecule has 0 saturated heterocycles. The molecular weight excluding hydrogens is 156 g/mol. The SMILES string of the molecule is C1=CC=CC=1CCc1ccccc1. The normalized spacial score (nSPS) is 13.4. The fourth-order valence-corrected chi connectivity index (χ4v) is 1.45. The lowest BCUT2D eigenvalue weighted by molar-refractivity contribution is 0.970. The lowest BCUT2D eigenvalue weighted by atomic mass is 10.1. The van der Waals surface area contributed by atoms with E-state index in [0.717, 1.165) is 12.8 Å². The van der Waals surface area contributed by atoms with Crippen molar-refractivity contribution in [1.29, 1.82) is 0 Å². The van der Waals surface area contributed by atoms with Crippen LogP contribution < -0.4 is 0 Å². The highest BCUT2D eigenvalue weighted by molar-refractivity contribution is 5.30. The van der Waals surface area contributed by atoms with Crippen LogP contribution in [-0.4, -0.2) is 0 Å². The van der Waals surface area contributed by atoms with Crippen molar-refractivity contribution in [3.63, 3.8) is 0 Å². The van der Waals surface area contributed by atoms with Gasteiger partial charge in [0.05, 0.1) is 0 Å². The summed E-state index contributed by atoms with van der Waals surface area (Å²) in [5.74, 6) is 0. The van der Waals surface area contributed by atoms with Crippen LogP contribution in [0.1, 0.15) is 12.0 Å². The van der Waals surface area contributed by atoms with Crippen molar-refractivity contribution in [2.75, 3.05) is 0 Å². The van der Waals surface area contributed by atoms with Crippen LogP contribution in [0.2, 0.25) is 0 Å². The molecule has 0 unspecified atom stereocenters. The summed E-state index contributed by atoms with van der Waals surface area (Å²) in [7, 11) is 0. The molecule has 0 heterocycles. The summed E-state index contributed by atoms with van der Waals surface area (Å²) in [4.78, 5) is 0. The van der Waals surface area contributed by atoms with Crippen LogP contribution in [0, 0.1) is 0 Å². The van der Waals surface area contributed by atoms with E-state index >= 15 is 0 Å². The predicted molar refractivity (Wildman–Crippen MR) is 55.5 cm³/mol. The molecule has 13 heavy (non-hydrogen) atoms. The van der Waals surface area contributed by atoms with Gasteiger partial charge in [0.15, 0.2) is 0 Å². The van der Waals surface area contributed by atoms with Gasteiger partial charge in [-0.1, -0.05) is 42.5 Å². The van der Waals surface area contributed by atoms with Gasteiger partial charge in [-0.15, -0.1) is 5.73 Å². The Morgan fingerprint density at radius 2 is 1.85 bits per heavy atom. The Bertz CT molecular complexity index is 362. The van der Waals surface area contributed by atoms with Gasteiger partial charge in [-0.2, -0.15) is 0 Å². The fourth-order valence-electron chi connectivity index (χ4n) is 1.45. The van der Waals surface area contributed by atoms with Crippen LogP contribution in [0.5, 0.6) is 0 Å². The molecule has 0 nitrogen and oxygen atoms in total. The highest BCUT2D eigenvalue weighted by atomic mass is 14.0. The van der Waals surface area contributed by atoms with Crippen molar-refractivity contribution in [2.45, 2.75) is 12.8 Å². The van der Waals surface area contributed by atoms with Gasteiger partial charge in [0.1, 0.15) is 0 Å². The van der Waals surface area contributed by atoms with E-state index in [1.165, 1.54) is 11.1 Å². The minimum atomic E-state index is 1.09. The summed E-state index contributed by atoms with van der Waals surface area (Å²) in [5, 5.41) is 0. The first-order valence-electron chi connectivity index (χ1n) is 4.61. The molecule has 0 N–H and O–H groups in total. The van der Waals surface area contributed by atoms with E-state index in [2.05, 4.69) is 42.1 Å². The Morgan fingerprint density at radius 1 is 1.00 bits per heavy atom. The third-order valence-corrected chi connectivity index (χ3v) is 2.19. The van der Waals surface area contributed by atoms with Crippen LogP contribution in [0.25, 0.3) is 0 Å². The van der Waals surface area contributed by atoms with Crippen molar-refractivity contribution < 1.29 is 0 Å². The minimum absolute atomic E-state index is 1.09. The minimum Gasteiger partial charge on any atom is -0.117 e. The lowest BCUT2D eigenvalue weighted by Crippen LogP contribution is -1.84. The predicted octanol–water partition coefficient (Wildman–Crippen LogP) is 3.27. The molecule has 0 aliphatic heterocycles. The summed E-state index contributed by atoms with van der Waals surface area (Å²) in [6.45, 7) is 0. The van der Waals surface area contributed by atoms with Gasteiger partial charge in [-0.25, -0.2) is 0 Å². The number of aryl methyl sites for hydroxylation is 1. The van der Waals surface area contributed by atoms with E-state index in [9.17, 15) is 0 Å². The fraction of sp³-hybridized carbons (Fsp3) is 0.154. The molecule has 0 atom stereocenters. The van der Waals surface area contributed by atoms with E-state index in [0.29, 0.717) is 0 Å². The zero-order chi connectivity index (χ0) is 8.93. The molecule has 64 valence electrons.